The van der Waals surface area contributed by atoms with Gasteiger partial charge in [-0.25, -0.2) is 0 Å². The lowest BCUT2D eigenvalue weighted by atomic mass is 9.92. The van der Waals surface area contributed by atoms with Crippen LogP contribution in [0.4, 0.5) is 5.69 Å². The Kier molecular flexibility index (Phi) is 4.03. The summed E-state index contributed by atoms with van der Waals surface area (Å²) in [6, 6.07) is 7.75. The third kappa shape index (κ3) is 3.21. The van der Waals surface area contributed by atoms with Gasteiger partial charge in [0.05, 0.1) is 23.8 Å². The lowest BCUT2D eigenvalue weighted by Crippen LogP contribution is -2.36. The molecule has 0 bridgehead atoms. The number of halogens is 1. The highest BCUT2D eigenvalue weighted by molar-refractivity contribution is 9.10. The van der Waals surface area contributed by atoms with Crippen LogP contribution < -0.4 is 5.32 Å². The Bertz CT molecular complexity index is 442. The topological polar surface area (TPSA) is 56.0 Å². The zero-order valence-corrected chi connectivity index (χ0v) is 11.1. The number of nitrogens with one attached hydrogen (secondary N) is 1. The average molecular weight is 295 g/mol. The van der Waals surface area contributed by atoms with Gasteiger partial charge in [0.1, 0.15) is 0 Å². The fourth-order valence-electron chi connectivity index (χ4n) is 2.23. The smallest absolute Gasteiger partial charge is 0.0992 e. The highest BCUT2D eigenvalue weighted by atomic mass is 79.9. The molecular formula is C13H15BrN2O. The summed E-state index contributed by atoms with van der Waals surface area (Å²) in [4.78, 5) is 0. The van der Waals surface area contributed by atoms with Gasteiger partial charge in [0, 0.05) is 10.2 Å². The summed E-state index contributed by atoms with van der Waals surface area (Å²) in [7, 11) is 0. The van der Waals surface area contributed by atoms with E-state index < -0.39 is 0 Å². The van der Waals surface area contributed by atoms with E-state index in [4.69, 9.17) is 5.26 Å². The quantitative estimate of drug-likeness (QED) is 0.881. The van der Waals surface area contributed by atoms with Gasteiger partial charge < -0.3 is 10.4 Å². The molecule has 2 unspecified atom stereocenters. The molecule has 2 rings (SSSR count). The average Bonchev–Trinajstić information content (AvgIpc) is 2.31. The van der Waals surface area contributed by atoms with Crippen molar-refractivity contribution < 1.29 is 5.11 Å². The van der Waals surface area contributed by atoms with E-state index in [1.807, 2.05) is 12.1 Å². The van der Waals surface area contributed by atoms with Gasteiger partial charge in [-0.05, 0) is 31.0 Å². The van der Waals surface area contributed by atoms with Crippen LogP contribution in [0.3, 0.4) is 0 Å². The van der Waals surface area contributed by atoms with Gasteiger partial charge >= 0.3 is 0 Å². The fourth-order valence-corrected chi connectivity index (χ4v) is 2.72. The van der Waals surface area contributed by atoms with E-state index in [1.165, 1.54) is 0 Å². The third-order valence-corrected chi connectivity index (χ3v) is 3.57. The van der Waals surface area contributed by atoms with E-state index in [-0.39, 0.29) is 12.1 Å². The second-order valence-corrected chi connectivity index (χ2v) is 5.36. The van der Waals surface area contributed by atoms with Gasteiger partial charge in [-0.15, -0.1) is 0 Å². The monoisotopic (exact) mass is 294 g/mol. The van der Waals surface area contributed by atoms with Crippen molar-refractivity contribution in [3.8, 4) is 6.07 Å². The Morgan fingerprint density at radius 3 is 2.76 bits per heavy atom. The highest BCUT2D eigenvalue weighted by Crippen LogP contribution is 2.25. The number of anilines is 1. The summed E-state index contributed by atoms with van der Waals surface area (Å²) >= 11 is 3.38. The van der Waals surface area contributed by atoms with Crippen molar-refractivity contribution in [1.29, 1.82) is 5.26 Å². The first-order valence-corrected chi connectivity index (χ1v) is 6.63. The summed E-state index contributed by atoms with van der Waals surface area (Å²) in [5.74, 6) is 0. The van der Waals surface area contributed by atoms with E-state index in [2.05, 4.69) is 27.3 Å². The van der Waals surface area contributed by atoms with E-state index in [9.17, 15) is 5.11 Å². The van der Waals surface area contributed by atoms with Crippen LogP contribution in [0.1, 0.15) is 31.2 Å². The van der Waals surface area contributed by atoms with Crippen LogP contribution in [0.5, 0.6) is 0 Å². The Hall–Kier alpha value is -1.05. The third-order valence-electron chi connectivity index (χ3n) is 3.11. The van der Waals surface area contributed by atoms with Crippen molar-refractivity contribution in [2.24, 2.45) is 0 Å². The molecule has 0 saturated heterocycles. The molecular weight excluding hydrogens is 280 g/mol. The largest absolute Gasteiger partial charge is 0.391 e. The summed E-state index contributed by atoms with van der Waals surface area (Å²) in [5, 5.41) is 22.1. The summed E-state index contributed by atoms with van der Waals surface area (Å²) in [6.45, 7) is 0. The van der Waals surface area contributed by atoms with Crippen molar-refractivity contribution in [2.45, 2.75) is 37.8 Å². The van der Waals surface area contributed by atoms with Crippen molar-refractivity contribution in [3.63, 3.8) is 0 Å². The normalized spacial score (nSPS) is 24.1. The van der Waals surface area contributed by atoms with Crippen molar-refractivity contribution in [2.75, 3.05) is 5.32 Å². The number of aliphatic hydroxyl groups is 1. The molecule has 0 aromatic heterocycles. The fraction of sp³-hybridized carbons (Fsp3) is 0.462. The zero-order chi connectivity index (χ0) is 12.3. The molecule has 1 saturated carbocycles. The standard InChI is InChI=1S/C13H15BrN2O/c14-10-5-9(8-15)6-11(7-10)16-12-3-1-2-4-13(12)17/h5-7,12-13,16-17H,1-4H2. The number of rotatable bonds is 2. The molecule has 0 radical (unpaired) electrons. The van der Waals surface area contributed by atoms with Crippen LogP contribution in [0.25, 0.3) is 0 Å². The summed E-state index contributed by atoms with van der Waals surface area (Å²) < 4.78 is 0.879. The van der Waals surface area contributed by atoms with Crippen LogP contribution in [0, 0.1) is 11.3 Å². The number of aliphatic hydroxyl groups excluding tert-OH is 1. The molecule has 0 spiro atoms. The van der Waals surface area contributed by atoms with Crippen LogP contribution in [0.2, 0.25) is 0 Å². The Labute approximate surface area is 110 Å². The van der Waals surface area contributed by atoms with Gasteiger partial charge in [-0.1, -0.05) is 28.8 Å². The van der Waals surface area contributed by atoms with E-state index in [0.29, 0.717) is 5.56 Å². The predicted molar refractivity (Wildman–Crippen MR) is 70.7 cm³/mol. The molecule has 90 valence electrons. The van der Waals surface area contributed by atoms with Gasteiger partial charge in [0.25, 0.3) is 0 Å². The van der Waals surface area contributed by atoms with Crippen molar-refractivity contribution in [3.05, 3.63) is 28.2 Å². The molecule has 0 heterocycles. The molecule has 0 aliphatic heterocycles. The molecule has 1 aromatic carbocycles. The van der Waals surface area contributed by atoms with E-state index >= 15 is 0 Å². The Morgan fingerprint density at radius 1 is 1.29 bits per heavy atom. The predicted octanol–water partition coefficient (Wildman–Crippen LogP) is 3.04. The zero-order valence-electron chi connectivity index (χ0n) is 9.49. The number of benzene rings is 1. The maximum atomic E-state index is 9.89. The number of nitrogens with zero attached hydrogens (tertiary/aromatic N) is 1. The van der Waals surface area contributed by atoms with Crippen LogP contribution >= 0.6 is 15.9 Å². The second kappa shape index (κ2) is 5.52. The minimum absolute atomic E-state index is 0.101. The number of hydrogen-bond donors (Lipinski definition) is 2. The van der Waals surface area contributed by atoms with Crippen molar-refractivity contribution >= 4 is 21.6 Å². The van der Waals surface area contributed by atoms with Crippen LogP contribution in [-0.4, -0.2) is 17.3 Å². The van der Waals surface area contributed by atoms with Gasteiger partial charge in [-0.3, -0.25) is 0 Å². The summed E-state index contributed by atoms with van der Waals surface area (Å²) in [6.07, 6.45) is 3.80. The van der Waals surface area contributed by atoms with Crippen molar-refractivity contribution in [1.82, 2.24) is 0 Å². The summed E-state index contributed by atoms with van der Waals surface area (Å²) in [5.41, 5.74) is 1.51. The highest BCUT2D eigenvalue weighted by Gasteiger charge is 2.22. The molecule has 2 N–H and O–H groups in total. The minimum Gasteiger partial charge on any atom is -0.391 e. The maximum absolute atomic E-state index is 9.89. The Balaban J connectivity index is 2.12. The lowest BCUT2D eigenvalue weighted by Gasteiger charge is -2.29. The van der Waals surface area contributed by atoms with Gasteiger partial charge in [-0.2, -0.15) is 5.26 Å². The molecule has 3 nitrogen and oxygen atoms in total. The first kappa shape index (κ1) is 12.4. The molecule has 1 aromatic rings. The SMILES string of the molecule is N#Cc1cc(Br)cc(NC2CCCCC2O)c1. The van der Waals surface area contributed by atoms with Crippen LogP contribution in [0.15, 0.2) is 22.7 Å². The number of nitriles is 1. The van der Waals surface area contributed by atoms with Gasteiger partial charge in [0.15, 0.2) is 0 Å². The van der Waals surface area contributed by atoms with Gasteiger partial charge in [0.2, 0.25) is 0 Å². The Morgan fingerprint density at radius 2 is 2.06 bits per heavy atom. The van der Waals surface area contributed by atoms with E-state index in [1.54, 1.807) is 6.07 Å². The molecule has 2 atom stereocenters. The molecule has 4 heteroatoms. The molecule has 17 heavy (non-hydrogen) atoms. The lowest BCUT2D eigenvalue weighted by molar-refractivity contribution is 0.116. The number of hydrogen-bond acceptors (Lipinski definition) is 3. The second-order valence-electron chi connectivity index (χ2n) is 4.44. The molecule has 1 fully saturated rings. The first-order valence-electron chi connectivity index (χ1n) is 5.84. The van der Waals surface area contributed by atoms with Crippen LogP contribution in [-0.2, 0) is 0 Å². The molecule has 1 aliphatic carbocycles. The molecule has 1 aliphatic rings. The minimum atomic E-state index is -0.284. The first-order chi connectivity index (χ1) is 8.19. The maximum Gasteiger partial charge on any atom is 0.0992 e. The molecule has 0 amide bonds. The van der Waals surface area contributed by atoms with E-state index in [0.717, 1.165) is 35.8 Å².